The molecule has 1 unspecified atom stereocenters. The van der Waals surface area contributed by atoms with Gasteiger partial charge in [0.1, 0.15) is 11.8 Å². The number of likely N-dealkylation sites (N-methyl/N-ethyl adjacent to an activating group) is 1. The molecule has 0 aliphatic heterocycles. The highest BCUT2D eigenvalue weighted by Gasteiger charge is 2.20. The lowest BCUT2D eigenvalue weighted by Crippen LogP contribution is -2.29. The molecule has 5 heteroatoms. The van der Waals surface area contributed by atoms with Crippen LogP contribution in [0.1, 0.15) is 18.5 Å². The fraction of sp³-hybridized carbons (Fsp3) is 0.417. The first-order valence-corrected chi connectivity index (χ1v) is 5.66. The van der Waals surface area contributed by atoms with E-state index >= 15 is 0 Å². The summed E-state index contributed by atoms with van der Waals surface area (Å²) in [5.74, 6) is 0.239. The molecule has 94 valence electrons. The van der Waals surface area contributed by atoms with Gasteiger partial charge < -0.3 is 14.8 Å². The summed E-state index contributed by atoms with van der Waals surface area (Å²) in [5.41, 5.74) is 0.754. The van der Waals surface area contributed by atoms with Gasteiger partial charge in [-0.15, -0.1) is 0 Å². The number of hydrogen-bond donors (Lipinski definition) is 1. The minimum absolute atomic E-state index is 0.340. The van der Waals surface area contributed by atoms with E-state index in [0.29, 0.717) is 17.3 Å². The Morgan fingerprint density at radius 3 is 2.65 bits per heavy atom. The Kier molecular flexibility index (Phi) is 5.25. The summed E-state index contributed by atoms with van der Waals surface area (Å²) >= 11 is 6.02. The van der Waals surface area contributed by atoms with Crippen molar-refractivity contribution < 1.29 is 14.3 Å². The first kappa shape index (κ1) is 13.8. The van der Waals surface area contributed by atoms with E-state index in [1.807, 2.05) is 6.92 Å². The van der Waals surface area contributed by atoms with Crippen molar-refractivity contribution in [3.05, 3.63) is 28.8 Å². The summed E-state index contributed by atoms with van der Waals surface area (Å²) in [7, 11) is 2.90. The van der Waals surface area contributed by atoms with E-state index in [2.05, 4.69) is 5.32 Å². The van der Waals surface area contributed by atoms with Gasteiger partial charge in [-0.1, -0.05) is 24.6 Å². The molecule has 0 bridgehead atoms. The quantitative estimate of drug-likeness (QED) is 0.822. The number of nitrogens with one attached hydrogen (secondary N) is 1. The summed E-state index contributed by atoms with van der Waals surface area (Å²) in [5, 5.41) is 3.51. The first-order valence-electron chi connectivity index (χ1n) is 5.28. The van der Waals surface area contributed by atoms with Gasteiger partial charge in [-0.25, -0.2) is 4.79 Å². The third kappa shape index (κ3) is 3.35. The maximum absolute atomic E-state index is 11.6. The SMILES string of the molecule is CCNC(C(=O)OC)c1ccc(OC)c(Cl)c1. The zero-order chi connectivity index (χ0) is 12.8. The highest BCUT2D eigenvalue weighted by Crippen LogP contribution is 2.27. The lowest BCUT2D eigenvalue weighted by Gasteiger charge is -2.16. The fourth-order valence-corrected chi connectivity index (χ4v) is 1.79. The maximum atomic E-state index is 11.6. The van der Waals surface area contributed by atoms with Crippen LogP contribution in [-0.2, 0) is 9.53 Å². The zero-order valence-electron chi connectivity index (χ0n) is 10.1. The summed E-state index contributed by atoms with van der Waals surface area (Å²) in [4.78, 5) is 11.6. The Hall–Kier alpha value is -1.26. The molecule has 1 rings (SSSR count). The molecule has 0 saturated carbocycles. The lowest BCUT2D eigenvalue weighted by molar-refractivity contribution is -0.143. The van der Waals surface area contributed by atoms with Gasteiger partial charge in [0.05, 0.1) is 19.2 Å². The third-order valence-corrected chi connectivity index (χ3v) is 2.65. The molecule has 1 N–H and O–H groups in total. The first-order chi connectivity index (χ1) is 8.13. The number of methoxy groups -OCH3 is 2. The van der Waals surface area contributed by atoms with Gasteiger partial charge >= 0.3 is 5.97 Å². The van der Waals surface area contributed by atoms with Crippen molar-refractivity contribution in [1.29, 1.82) is 0 Å². The molecule has 1 atom stereocenters. The van der Waals surface area contributed by atoms with Crippen molar-refractivity contribution >= 4 is 17.6 Å². The molecule has 0 aliphatic rings. The van der Waals surface area contributed by atoms with Crippen molar-refractivity contribution in [2.75, 3.05) is 20.8 Å². The van der Waals surface area contributed by atoms with Crippen LogP contribution in [0.2, 0.25) is 5.02 Å². The minimum atomic E-state index is -0.506. The van der Waals surface area contributed by atoms with Crippen molar-refractivity contribution in [3.63, 3.8) is 0 Å². The van der Waals surface area contributed by atoms with Crippen molar-refractivity contribution in [2.45, 2.75) is 13.0 Å². The number of esters is 1. The minimum Gasteiger partial charge on any atom is -0.495 e. The van der Waals surface area contributed by atoms with Crippen LogP contribution in [0, 0.1) is 0 Å². The van der Waals surface area contributed by atoms with Gasteiger partial charge in [0, 0.05) is 0 Å². The van der Waals surface area contributed by atoms with Crippen molar-refractivity contribution in [1.82, 2.24) is 5.32 Å². The summed E-state index contributed by atoms with van der Waals surface area (Å²) in [6.45, 7) is 2.57. The second-order valence-corrected chi connectivity index (χ2v) is 3.82. The largest absolute Gasteiger partial charge is 0.495 e. The summed E-state index contributed by atoms with van der Waals surface area (Å²) in [6.07, 6.45) is 0. The predicted octanol–water partition coefficient (Wildman–Crippen LogP) is 2.17. The molecule has 0 fully saturated rings. The van der Waals surface area contributed by atoms with Crippen LogP contribution in [0.15, 0.2) is 18.2 Å². The van der Waals surface area contributed by atoms with Crippen LogP contribution in [0.25, 0.3) is 0 Å². The standard InChI is InChI=1S/C12H16ClNO3/c1-4-14-11(12(15)17-3)8-5-6-10(16-2)9(13)7-8/h5-7,11,14H,4H2,1-3H3. The number of carbonyl (C=O) groups is 1. The Morgan fingerprint density at radius 2 is 2.18 bits per heavy atom. The molecular formula is C12H16ClNO3. The van der Waals surface area contributed by atoms with E-state index in [1.165, 1.54) is 7.11 Å². The molecule has 4 nitrogen and oxygen atoms in total. The molecule has 0 spiro atoms. The van der Waals surface area contributed by atoms with Gasteiger partial charge in [0.15, 0.2) is 0 Å². The molecule has 0 aromatic heterocycles. The van der Waals surface area contributed by atoms with E-state index in [-0.39, 0.29) is 5.97 Å². The number of ether oxygens (including phenoxy) is 2. The lowest BCUT2D eigenvalue weighted by atomic mass is 10.1. The molecule has 0 radical (unpaired) electrons. The van der Waals surface area contributed by atoms with Crippen molar-refractivity contribution in [3.8, 4) is 5.75 Å². The van der Waals surface area contributed by atoms with Gasteiger partial charge in [0.2, 0.25) is 0 Å². The topological polar surface area (TPSA) is 47.6 Å². The highest BCUT2D eigenvalue weighted by atomic mass is 35.5. The third-order valence-electron chi connectivity index (χ3n) is 2.35. The number of benzene rings is 1. The Balaban J connectivity index is 3.02. The number of rotatable bonds is 5. The number of carbonyl (C=O) groups excluding carboxylic acids is 1. The fourth-order valence-electron chi connectivity index (χ4n) is 1.52. The van der Waals surface area contributed by atoms with Crippen LogP contribution in [0.5, 0.6) is 5.75 Å². The number of hydrogen-bond acceptors (Lipinski definition) is 4. The van der Waals surface area contributed by atoms with E-state index in [1.54, 1.807) is 25.3 Å². The van der Waals surface area contributed by atoms with E-state index in [4.69, 9.17) is 21.1 Å². The molecule has 0 saturated heterocycles. The summed E-state index contributed by atoms with van der Waals surface area (Å²) in [6, 6.07) is 4.71. The van der Waals surface area contributed by atoms with E-state index in [9.17, 15) is 4.79 Å². The van der Waals surface area contributed by atoms with Crippen LogP contribution >= 0.6 is 11.6 Å². The molecule has 0 heterocycles. The molecule has 0 aliphatic carbocycles. The van der Waals surface area contributed by atoms with E-state index < -0.39 is 6.04 Å². The average molecular weight is 258 g/mol. The van der Waals surface area contributed by atoms with Gasteiger partial charge in [-0.2, -0.15) is 0 Å². The smallest absolute Gasteiger partial charge is 0.327 e. The molecular weight excluding hydrogens is 242 g/mol. The average Bonchev–Trinajstić information content (AvgIpc) is 2.35. The van der Waals surface area contributed by atoms with Gasteiger partial charge in [-0.3, -0.25) is 0 Å². The zero-order valence-corrected chi connectivity index (χ0v) is 10.9. The summed E-state index contributed by atoms with van der Waals surface area (Å²) < 4.78 is 9.80. The van der Waals surface area contributed by atoms with E-state index in [0.717, 1.165) is 5.56 Å². The predicted molar refractivity (Wildman–Crippen MR) is 66.4 cm³/mol. The van der Waals surface area contributed by atoms with Crippen LogP contribution in [-0.4, -0.2) is 26.7 Å². The normalized spacial score (nSPS) is 12.0. The number of halogens is 1. The monoisotopic (exact) mass is 257 g/mol. The van der Waals surface area contributed by atoms with Crippen LogP contribution in [0.4, 0.5) is 0 Å². The molecule has 17 heavy (non-hydrogen) atoms. The van der Waals surface area contributed by atoms with Crippen LogP contribution in [0.3, 0.4) is 0 Å². The Morgan fingerprint density at radius 1 is 1.47 bits per heavy atom. The second kappa shape index (κ2) is 6.47. The maximum Gasteiger partial charge on any atom is 0.327 e. The van der Waals surface area contributed by atoms with Gasteiger partial charge in [0.25, 0.3) is 0 Å². The Bertz CT molecular complexity index is 395. The van der Waals surface area contributed by atoms with Crippen molar-refractivity contribution in [2.24, 2.45) is 0 Å². The van der Waals surface area contributed by atoms with Gasteiger partial charge in [-0.05, 0) is 24.2 Å². The molecule has 1 aromatic rings. The molecule has 1 aromatic carbocycles. The molecule has 0 amide bonds. The highest BCUT2D eigenvalue weighted by molar-refractivity contribution is 6.32. The Labute approximate surface area is 106 Å². The van der Waals surface area contributed by atoms with Crippen LogP contribution < -0.4 is 10.1 Å². The second-order valence-electron chi connectivity index (χ2n) is 3.41.